The smallest absolute Gasteiger partial charge is 0.252 e. The predicted molar refractivity (Wildman–Crippen MR) is 120 cm³/mol. The molecule has 0 aliphatic carbocycles. The molecule has 7 nitrogen and oxygen atoms in total. The molecule has 1 atom stereocenters. The highest BCUT2D eigenvalue weighted by molar-refractivity contribution is 7.77. The van der Waals surface area contributed by atoms with Gasteiger partial charge in [0.2, 0.25) is 11.3 Å². The standard InChI is InChI=1S/C22H20F2N4O3S/c1-27-12-18-16-9-14(7-8-25-32(30)31)19(24)10-17(16)22(13-3-5-15(23)6-4-13)26-28(2)20(18)11-21(27)29/h3-6,9-12,25H,7-8H2,1-2H3,(H,30,31). The van der Waals surface area contributed by atoms with Crippen LogP contribution < -0.4 is 15.3 Å². The van der Waals surface area contributed by atoms with Gasteiger partial charge in [0.1, 0.15) is 11.6 Å². The van der Waals surface area contributed by atoms with Crippen LogP contribution in [0.5, 0.6) is 0 Å². The fraction of sp³-hybridized carbons (Fsp3) is 0.182. The molecule has 0 bridgehead atoms. The van der Waals surface area contributed by atoms with Crippen molar-refractivity contribution in [3.63, 3.8) is 0 Å². The lowest BCUT2D eigenvalue weighted by molar-refractivity contribution is 0.547. The molecule has 166 valence electrons. The van der Waals surface area contributed by atoms with Crippen LogP contribution >= 0.6 is 0 Å². The Morgan fingerprint density at radius 1 is 1.06 bits per heavy atom. The van der Waals surface area contributed by atoms with Crippen molar-refractivity contribution in [1.29, 1.82) is 0 Å². The molecule has 0 spiro atoms. The summed E-state index contributed by atoms with van der Waals surface area (Å²) in [6, 6.07) is 10.2. The van der Waals surface area contributed by atoms with E-state index in [0.29, 0.717) is 39.2 Å². The van der Waals surface area contributed by atoms with Crippen LogP contribution in [-0.4, -0.2) is 32.6 Å². The van der Waals surface area contributed by atoms with Gasteiger partial charge in [-0.1, -0.05) is 0 Å². The summed E-state index contributed by atoms with van der Waals surface area (Å²) in [6.45, 7) is 0.0950. The van der Waals surface area contributed by atoms with Gasteiger partial charge in [-0.3, -0.25) is 14.4 Å². The molecule has 0 radical (unpaired) electrons. The lowest BCUT2D eigenvalue weighted by atomic mass is 9.91. The number of anilines is 1. The van der Waals surface area contributed by atoms with Gasteiger partial charge in [-0.25, -0.2) is 17.7 Å². The lowest BCUT2D eigenvalue weighted by Crippen LogP contribution is -2.20. The number of hydrogen-bond donors (Lipinski definition) is 2. The zero-order valence-electron chi connectivity index (χ0n) is 17.3. The summed E-state index contributed by atoms with van der Waals surface area (Å²) in [5, 5.41) is 6.16. The van der Waals surface area contributed by atoms with Crippen molar-refractivity contribution < 1.29 is 17.5 Å². The van der Waals surface area contributed by atoms with Gasteiger partial charge in [0, 0.05) is 49.6 Å². The summed E-state index contributed by atoms with van der Waals surface area (Å²) in [4.78, 5) is 12.3. The van der Waals surface area contributed by atoms with E-state index < -0.39 is 22.9 Å². The van der Waals surface area contributed by atoms with Crippen molar-refractivity contribution in [3.8, 4) is 11.1 Å². The normalized spacial score (nSPS) is 13.8. The first-order chi connectivity index (χ1) is 15.2. The lowest BCUT2D eigenvalue weighted by Gasteiger charge is -2.16. The molecule has 2 heterocycles. The third-order valence-corrected chi connectivity index (χ3v) is 5.73. The summed E-state index contributed by atoms with van der Waals surface area (Å²) < 4.78 is 52.1. The highest BCUT2D eigenvalue weighted by Crippen LogP contribution is 2.37. The number of pyridine rings is 1. The van der Waals surface area contributed by atoms with Gasteiger partial charge < -0.3 is 4.57 Å². The van der Waals surface area contributed by atoms with Crippen molar-refractivity contribution >= 4 is 22.7 Å². The van der Waals surface area contributed by atoms with Gasteiger partial charge in [-0.2, -0.15) is 5.10 Å². The van der Waals surface area contributed by atoms with Crippen LogP contribution in [0.4, 0.5) is 14.5 Å². The van der Waals surface area contributed by atoms with Crippen LogP contribution in [0.3, 0.4) is 0 Å². The highest BCUT2D eigenvalue weighted by Gasteiger charge is 2.25. The van der Waals surface area contributed by atoms with Crippen LogP contribution in [0, 0.1) is 11.6 Å². The average molecular weight is 458 g/mol. The molecule has 0 saturated carbocycles. The molecular formula is C22H20F2N4O3S. The quantitative estimate of drug-likeness (QED) is 0.576. The Morgan fingerprint density at radius 3 is 2.47 bits per heavy atom. The van der Waals surface area contributed by atoms with Crippen molar-refractivity contribution in [3.05, 3.63) is 87.3 Å². The zero-order chi connectivity index (χ0) is 23.0. The van der Waals surface area contributed by atoms with E-state index in [1.54, 1.807) is 43.5 Å². The molecule has 4 rings (SSSR count). The molecule has 2 N–H and O–H groups in total. The van der Waals surface area contributed by atoms with Gasteiger partial charge in [-0.05, 0) is 53.9 Å². The molecule has 0 saturated heterocycles. The maximum absolute atomic E-state index is 15.1. The highest BCUT2D eigenvalue weighted by atomic mass is 32.2. The van der Waals surface area contributed by atoms with E-state index in [4.69, 9.17) is 4.55 Å². The second kappa shape index (κ2) is 8.73. The van der Waals surface area contributed by atoms with E-state index in [1.807, 2.05) is 0 Å². The Kier molecular flexibility index (Phi) is 6.00. The Balaban J connectivity index is 1.95. The van der Waals surface area contributed by atoms with Gasteiger partial charge in [0.05, 0.1) is 11.4 Å². The summed E-state index contributed by atoms with van der Waals surface area (Å²) in [5.74, 6) is -0.904. The average Bonchev–Trinajstić information content (AvgIpc) is 2.84. The van der Waals surface area contributed by atoms with E-state index in [1.165, 1.54) is 28.8 Å². The number of nitrogens with zero attached hydrogens (tertiary/aromatic N) is 3. The maximum Gasteiger partial charge on any atom is 0.252 e. The first-order valence-corrected chi connectivity index (χ1v) is 10.8. The topological polar surface area (TPSA) is 86.9 Å². The minimum Gasteiger partial charge on any atom is -0.318 e. The van der Waals surface area contributed by atoms with E-state index in [-0.39, 0.29) is 18.5 Å². The molecule has 1 aliphatic heterocycles. The number of fused-ring (bicyclic) bond motifs is 3. The first-order valence-electron chi connectivity index (χ1n) is 9.71. The molecule has 1 unspecified atom stereocenters. The molecular weight excluding hydrogens is 438 g/mol. The van der Waals surface area contributed by atoms with Crippen molar-refractivity contribution in [2.45, 2.75) is 6.42 Å². The predicted octanol–water partition coefficient (Wildman–Crippen LogP) is 2.80. The van der Waals surface area contributed by atoms with Crippen molar-refractivity contribution in [2.24, 2.45) is 12.1 Å². The van der Waals surface area contributed by atoms with Crippen LogP contribution in [0.1, 0.15) is 16.7 Å². The van der Waals surface area contributed by atoms with E-state index in [0.717, 1.165) is 0 Å². The van der Waals surface area contributed by atoms with Crippen LogP contribution in [0.2, 0.25) is 0 Å². The summed E-state index contributed by atoms with van der Waals surface area (Å²) in [6.07, 6.45) is 1.84. The van der Waals surface area contributed by atoms with Gasteiger partial charge in [0.25, 0.3) is 5.56 Å². The first kappa shape index (κ1) is 22.0. The third kappa shape index (κ3) is 4.24. The number of benzene rings is 2. The van der Waals surface area contributed by atoms with Gasteiger partial charge in [0.15, 0.2) is 0 Å². The minimum atomic E-state index is -2.20. The number of rotatable bonds is 5. The second-order valence-electron chi connectivity index (χ2n) is 7.38. The number of aryl methyl sites for hydroxylation is 1. The number of aromatic nitrogens is 1. The van der Waals surface area contributed by atoms with E-state index in [2.05, 4.69) is 9.82 Å². The summed E-state index contributed by atoms with van der Waals surface area (Å²) >= 11 is -2.20. The fourth-order valence-corrected chi connectivity index (χ4v) is 3.95. The van der Waals surface area contributed by atoms with Crippen molar-refractivity contribution in [1.82, 2.24) is 9.29 Å². The Hall–Kier alpha value is -3.21. The number of halogens is 2. The molecule has 0 fully saturated rings. The number of hydrazone groups is 1. The van der Waals surface area contributed by atoms with Gasteiger partial charge >= 0.3 is 0 Å². The monoisotopic (exact) mass is 458 g/mol. The molecule has 1 aromatic heterocycles. The Bertz CT molecular complexity index is 1310. The fourth-order valence-electron chi connectivity index (χ4n) is 3.68. The molecule has 32 heavy (non-hydrogen) atoms. The van der Waals surface area contributed by atoms with E-state index >= 15 is 4.39 Å². The number of hydrogen-bond acceptors (Lipinski definition) is 4. The van der Waals surface area contributed by atoms with Crippen molar-refractivity contribution in [2.75, 3.05) is 18.6 Å². The summed E-state index contributed by atoms with van der Waals surface area (Å²) in [5.41, 5.74) is 3.46. The minimum absolute atomic E-state index is 0.0950. The Labute approximate surface area is 185 Å². The van der Waals surface area contributed by atoms with Gasteiger partial charge in [-0.15, -0.1) is 0 Å². The molecule has 0 amide bonds. The van der Waals surface area contributed by atoms with Crippen LogP contribution in [0.25, 0.3) is 11.1 Å². The SMILES string of the molecule is CN1N=C(c2ccc(F)cc2)c2cc(F)c(CCNS(=O)O)cc2-c2cn(C)c(=O)cc21. The number of nitrogens with one attached hydrogen (secondary N) is 1. The maximum atomic E-state index is 15.1. The summed E-state index contributed by atoms with van der Waals surface area (Å²) in [7, 11) is 3.31. The van der Waals surface area contributed by atoms with E-state index in [9.17, 15) is 13.4 Å². The third-order valence-electron chi connectivity index (χ3n) is 5.27. The molecule has 1 aliphatic rings. The second-order valence-corrected chi connectivity index (χ2v) is 8.17. The van der Waals surface area contributed by atoms with Crippen LogP contribution in [0.15, 0.2) is 58.6 Å². The Morgan fingerprint density at radius 2 is 1.78 bits per heavy atom. The molecule has 2 aromatic carbocycles. The largest absolute Gasteiger partial charge is 0.318 e. The zero-order valence-corrected chi connectivity index (χ0v) is 18.1. The molecule has 3 aromatic rings. The molecule has 10 heteroatoms. The van der Waals surface area contributed by atoms with Crippen LogP contribution in [-0.2, 0) is 24.7 Å².